The number of hydrogen-bond acceptors (Lipinski definition) is 4. The Morgan fingerprint density at radius 1 is 1.45 bits per heavy atom. The molecule has 0 bridgehead atoms. The van der Waals surface area contributed by atoms with E-state index in [2.05, 4.69) is 42.2 Å². The van der Waals surface area contributed by atoms with Crippen molar-refractivity contribution >= 4 is 16.5 Å². The summed E-state index contributed by atoms with van der Waals surface area (Å²) < 4.78 is 0. The fourth-order valence-corrected chi connectivity index (χ4v) is 3.86. The van der Waals surface area contributed by atoms with E-state index in [0.29, 0.717) is 5.92 Å². The molecule has 2 rings (SSSR count). The molecule has 0 aromatic carbocycles. The molecule has 1 fully saturated rings. The Hall–Kier alpha value is -0.610. The number of nitrogens with zero attached hydrogens (tertiary/aromatic N) is 2. The first kappa shape index (κ1) is 15.8. The van der Waals surface area contributed by atoms with Crippen LogP contribution >= 0.6 is 11.3 Å². The largest absolute Gasteiger partial charge is 0.345 e. The van der Waals surface area contributed by atoms with E-state index in [1.807, 2.05) is 11.3 Å². The molecule has 1 atom stereocenters. The monoisotopic (exact) mass is 295 g/mol. The number of thiazole rings is 1. The van der Waals surface area contributed by atoms with Crippen molar-refractivity contribution in [3.05, 3.63) is 11.1 Å². The van der Waals surface area contributed by atoms with Crippen molar-refractivity contribution < 1.29 is 0 Å². The van der Waals surface area contributed by atoms with Crippen LogP contribution in [0.1, 0.15) is 57.8 Å². The van der Waals surface area contributed by atoms with Crippen LogP contribution < -0.4 is 10.2 Å². The van der Waals surface area contributed by atoms with Crippen molar-refractivity contribution in [1.82, 2.24) is 10.3 Å². The third kappa shape index (κ3) is 4.45. The summed E-state index contributed by atoms with van der Waals surface area (Å²) in [6.07, 6.45) is 8.69. The van der Waals surface area contributed by atoms with Crippen molar-refractivity contribution in [3.8, 4) is 0 Å². The van der Waals surface area contributed by atoms with Gasteiger partial charge in [0.1, 0.15) is 0 Å². The normalized spacial score (nSPS) is 19.8. The van der Waals surface area contributed by atoms with Gasteiger partial charge in [-0.2, -0.15) is 0 Å². The van der Waals surface area contributed by atoms with Crippen molar-refractivity contribution in [3.63, 3.8) is 0 Å². The second-order valence-electron chi connectivity index (χ2n) is 6.27. The Labute approximate surface area is 127 Å². The molecule has 1 aromatic heterocycles. The highest BCUT2D eigenvalue weighted by Crippen LogP contribution is 2.30. The Kier molecular flexibility index (Phi) is 6.30. The lowest BCUT2D eigenvalue weighted by Gasteiger charge is -2.35. The predicted octanol–water partition coefficient (Wildman–Crippen LogP) is 4.05. The SMILES string of the molecule is CCCC1CCCCN1c1ncc(CNCC(C)C)s1. The lowest BCUT2D eigenvalue weighted by molar-refractivity contribution is 0.434. The van der Waals surface area contributed by atoms with Gasteiger partial charge in [-0.25, -0.2) is 4.98 Å². The molecular formula is C16H29N3S. The van der Waals surface area contributed by atoms with Gasteiger partial charge in [0.25, 0.3) is 0 Å². The molecule has 2 heterocycles. The standard InChI is InChI=1S/C16H29N3S/c1-4-7-14-8-5-6-9-19(14)16-18-12-15(20-16)11-17-10-13(2)3/h12-14,17H,4-11H2,1-3H3. The molecule has 0 radical (unpaired) electrons. The van der Waals surface area contributed by atoms with Gasteiger partial charge in [-0.15, -0.1) is 11.3 Å². The fourth-order valence-electron chi connectivity index (χ4n) is 2.88. The predicted molar refractivity (Wildman–Crippen MR) is 88.6 cm³/mol. The Morgan fingerprint density at radius 3 is 3.05 bits per heavy atom. The van der Waals surface area contributed by atoms with Gasteiger partial charge in [0.15, 0.2) is 5.13 Å². The van der Waals surface area contributed by atoms with Gasteiger partial charge < -0.3 is 10.2 Å². The van der Waals surface area contributed by atoms with E-state index >= 15 is 0 Å². The van der Waals surface area contributed by atoms with E-state index in [1.54, 1.807) is 0 Å². The molecule has 4 heteroatoms. The number of piperidine rings is 1. The molecule has 0 spiro atoms. The van der Waals surface area contributed by atoms with Crippen LogP contribution in [0.25, 0.3) is 0 Å². The van der Waals surface area contributed by atoms with Crippen molar-refractivity contribution in [1.29, 1.82) is 0 Å². The summed E-state index contributed by atoms with van der Waals surface area (Å²) in [6.45, 7) is 10.0. The van der Waals surface area contributed by atoms with E-state index in [4.69, 9.17) is 0 Å². The van der Waals surface area contributed by atoms with Gasteiger partial charge in [-0.3, -0.25) is 0 Å². The summed E-state index contributed by atoms with van der Waals surface area (Å²) in [5, 5.41) is 4.75. The van der Waals surface area contributed by atoms with Gasteiger partial charge in [-0.1, -0.05) is 27.2 Å². The molecule has 0 amide bonds. The average Bonchev–Trinajstić information content (AvgIpc) is 2.88. The minimum absolute atomic E-state index is 0.707. The zero-order valence-electron chi connectivity index (χ0n) is 13.2. The minimum atomic E-state index is 0.707. The first-order chi connectivity index (χ1) is 9.70. The number of nitrogens with one attached hydrogen (secondary N) is 1. The smallest absolute Gasteiger partial charge is 0.185 e. The van der Waals surface area contributed by atoms with Crippen molar-refractivity contribution in [2.45, 2.75) is 65.5 Å². The third-order valence-corrected chi connectivity index (χ3v) is 4.92. The molecule has 1 unspecified atom stereocenters. The zero-order chi connectivity index (χ0) is 14.4. The lowest BCUT2D eigenvalue weighted by atomic mass is 9.99. The molecule has 1 aliphatic heterocycles. The Balaban J connectivity index is 1.92. The molecule has 0 aliphatic carbocycles. The number of aromatic nitrogens is 1. The summed E-state index contributed by atoms with van der Waals surface area (Å²) in [7, 11) is 0. The van der Waals surface area contributed by atoms with Crippen LogP contribution in [0.15, 0.2) is 6.20 Å². The first-order valence-electron chi connectivity index (χ1n) is 8.12. The number of hydrogen-bond donors (Lipinski definition) is 1. The molecule has 1 N–H and O–H groups in total. The molecule has 20 heavy (non-hydrogen) atoms. The van der Waals surface area contributed by atoms with Crippen molar-refractivity contribution in [2.75, 3.05) is 18.0 Å². The van der Waals surface area contributed by atoms with Crippen LogP contribution in [0, 0.1) is 5.92 Å². The molecule has 1 saturated heterocycles. The summed E-state index contributed by atoms with van der Waals surface area (Å²) >= 11 is 1.87. The van der Waals surface area contributed by atoms with E-state index in [-0.39, 0.29) is 0 Å². The topological polar surface area (TPSA) is 28.2 Å². The van der Waals surface area contributed by atoms with Gasteiger partial charge in [0, 0.05) is 30.2 Å². The van der Waals surface area contributed by atoms with E-state index in [1.165, 1.54) is 48.7 Å². The maximum absolute atomic E-state index is 4.67. The maximum atomic E-state index is 4.67. The third-order valence-electron chi connectivity index (χ3n) is 3.89. The Morgan fingerprint density at radius 2 is 2.30 bits per heavy atom. The lowest BCUT2D eigenvalue weighted by Crippen LogP contribution is -2.39. The summed E-state index contributed by atoms with van der Waals surface area (Å²) in [5.41, 5.74) is 0. The van der Waals surface area contributed by atoms with Gasteiger partial charge in [0.2, 0.25) is 0 Å². The van der Waals surface area contributed by atoms with Crippen LogP contribution in [0.2, 0.25) is 0 Å². The van der Waals surface area contributed by atoms with Crippen molar-refractivity contribution in [2.24, 2.45) is 5.92 Å². The van der Waals surface area contributed by atoms with Crippen LogP contribution in [-0.4, -0.2) is 24.1 Å². The first-order valence-corrected chi connectivity index (χ1v) is 8.94. The maximum Gasteiger partial charge on any atom is 0.185 e. The second-order valence-corrected chi connectivity index (χ2v) is 7.36. The van der Waals surface area contributed by atoms with Crippen LogP contribution in [-0.2, 0) is 6.54 Å². The molecule has 1 aliphatic rings. The zero-order valence-corrected chi connectivity index (χ0v) is 14.0. The highest BCUT2D eigenvalue weighted by Gasteiger charge is 2.23. The summed E-state index contributed by atoms with van der Waals surface area (Å²) in [6, 6.07) is 0.719. The molecule has 0 saturated carbocycles. The highest BCUT2D eigenvalue weighted by molar-refractivity contribution is 7.15. The minimum Gasteiger partial charge on any atom is -0.345 e. The average molecular weight is 295 g/mol. The molecular weight excluding hydrogens is 266 g/mol. The van der Waals surface area contributed by atoms with Crippen LogP contribution in [0.3, 0.4) is 0 Å². The number of rotatable bonds is 7. The number of anilines is 1. The highest BCUT2D eigenvalue weighted by atomic mass is 32.1. The Bertz CT molecular complexity index is 387. The summed E-state index contributed by atoms with van der Waals surface area (Å²) in [4.78, 5) is 8.60. The van der Waals surface area contributed by atoms with Gasteiger partial charge in [0.05, 0.1) is 0 Å². The van der Waals surface area contributed by atoms with E-state index < -0.39 is 0 Å². The molecule has 1 aromatic rings. The second kappa shape index (κ2) is 7.99. The van der Waals surface area contributed by atoms with E-state index in [0.717, 1.165) is 19.1 Å². The molecule has 114 valence electrons. The van der Waals surface area contributed by atoms with E-state index in [9.17, 15) is 0 Å². The molecule has 3 nitrogen and oxygen atoms in total. The van der Waals surface area contributed by atoms with Gasteiger partial charge in [-0.05, 0) is 38.1 Å². The van der Waals surface area contributed by atoms with Crippen LogP contribution in [0.5, 0.6) is 0 Å². The van der Waals surface area contributed by atoms with Crippen LogP contribution in [0.4, 0.5) is 5.13 Å². The summed E-state index contributed by atoms with van der Waals surface area (Å²) in [5.74, 6) is 0.707. The van der Waals surface area contributed by atoms with Gasteiger partial charge >= 0.3 is 0 Å². The quantitative estimate of drug-likeness (QED) is 0.822. The fraction of sp³-hybridized carbons (Fsp3) is 0.812.